The molecule has 0 saturated carbocycles. The van der Waals surface area contributed by atoms with Crippen LogP contribution in [0.4, 0.5) is 0 Å². The summed E-state index contributed by atoms with van der Waals surface area (Å²) >= 11 is 0. The van der Waals surface area contributed by atoms with Crippen LogP contribution in [0.25, 0.3) is 76.1 Å². The van der Waals surface area contributed by atoms with Crippen molar-refractivity contribution in [2.75, 3.05) is 14.2 Å². The standard InChI is InChI=1S/C38H26O2/c1-39-27-19-15-25(16-20-27)35-29-11-3-7-23-9-6-14-32(33(23)29)38-36(26-17-21-28(40-2)22-18-26)30-12-4-8-24-10-5-13-31(34(24)30)37(35)38/h3-22H,1-2H3. The number of hydrogen-bond donors (Lipinski definition) is 0. The Kier molecular flexibility index (Phi) is 4.99. The average Bonchev–Trinajstić information content (AvgIpc) is 3.02. The highest BCUT2D eigenvalue weighted by molar-refractivity contribution is 6.39. The van der Waals surface area contributed by atoms with E-state index in [1.165, 1.54) is 76.1 Å². The Morgan fingerprint density at radius 1 is 0.350 bits per heavy atom. The number of benzene rings is 8. The van der Waals surface area contributed by atoms with Crippen molar-refractivity contribution in [1.29, 1.82) is 0 Å². The van der Waals surface area contributed by atoms with Gasteiger partial charge in [-0.2, -0.15) is 0 Å². The lowest BCUT2D eigenvalue weighted by molar-refractivity contribution is 0.415. The van der Waals surface area contributed by atoms with Crippen molar-refractivity contribution < 1.29 is 9.47 Å². The summed E-state index contributed by atoms with van der Waals surface area (Å²) in [4.78, 5) is 0. The van der Waals surface area contributed by atoms with Crippen molar-refractivity contribution in [2.24, 2.45) is 0 Å². The van der Waals surface area contributed by atoms with Crippen molar-refractivity contribution >= 4 is 53.9 Å². The van der Waals surface area contributed by atoms with Gasteiger partial charge in [0.05, 0.1) is 14.2 Å². The average molecular weight is 515 g/mol. The molecule has 0 fully saturated rings. The number of methoxy groups -OCH3 is 2. The molecule has 0 unspecified atom stereocenters. The van der Waals surface area contributed by atoms with Gasteiger partial charge in [0.1, 0.15) is 11.5 Å². The largest absolute Gasteiger partial charge is 0.497 e. The third-order valence-electron chi connectivity index (χ3n) is 8.39. The molecule has 8 aromatic rings. The summed E-state index contributed by atoms with van der Waals surface area (Å²) in [5, 5.41) is 12.7. The van der Waals surface area contributed by atoms with Gasteiger partial charge >= 0.3 is 0 Å². The third kappa shape index (κ3) is 3.17. The topological polar surface area (TPSA) is 18.5 Å². The zero-order valence-corrected chi connectivity index (χ0v) is 22.4. The molecule has 2 nitrogen and oxygen atoms in total. The first-order valence-corrected chi connectivity index (χ1v) is 13.6. The van der Waals surface area contributed by atoms with Gasteiger partial charge in [-0.3, -0.25) is 0 Å². The van der Waals surface area contributed by atoms with Crippen molar-refractivity contribution in [3.05, 3.63) is 121 Å². The maximum atomic E-state index is 5.53. The van der Waals surface area contributed by atoms with Crippen LogP contribution in [0.5, 0.6) is 11.5 Å². The maximum Gasteiger partial charge on any atom is 0.118 e. The second-order valence-electron chi connectivity index (χ2n) is 10.4. The van der Waals surface area contributed by atoms with Crippen LogP contribution in [0.2, 0.25) is 0 Å². The fourth-order valence-corrected chi connectivity index (χ4v) is 6.69. The van der Waals surface area contributed by atoms with Gasteiger partial charge in [0, 0.05) is 0 Å². The van der Waals surface area contributed by atoms with Crippen molar-refractivity contribution in [3.8, 4) is 33.8 Å². The van der Waals surface area contributed by atoms with Crippen LogP contribution in [0, 0.1) is 0 Å². The van der Waals surface area contributed by atoms with E-state index in [-0.39, 0.29) is 0 Å². The number of ether oxygens (including phenoxy) is 2. The molecule has 0 N–H and O–H groups in total. The molecule has 0 radical (unpaired) electrons. The SMILES string of the molecule is COc1ccc(-c2c3cccc4cccc(c5c(-c6ccc(OC)cc6)c6cccc7cccc(c25)c76)c43)cc1. The fourth-order valence-electron chi connectivity index (χ4n) is 6.69. The summed E-state index contributed by atoms with van der Waals surface area (Å²) in [6.45, 7) is 0. The van der Waals surface area contributed by atoms with Crippen LogP contribution < -0.4 is 9.47 Å². The van der Waals surface area contributed by atoms with Gasteiger partial charge in [0.15, 0.2) is 0 Å². The van der Waals surface area contributed by atoms with Crippen molar-refractivity contribution in [2.45, 2.75) is 0 Å². The van der Waals surface area contributed by atoms with E-state index in [4.69, 9.17) is 9.47 Å². The first-order valence-electron chi connectivity index (χ1n) is 13.6. The molecule has 8 rings (SSSR count). The fraction of sp³-hybridized carbons (Fsp3) is 0.0526. The molecule has 0 aliphatic rings. The van der Waals surface area contributed by atoms with Gasteiger partial charge in [-0.05, 0) is 100 Å². The predicted molar refractivity (Wildman–Crippen MR) is 169 cm³/mol. The molecule has 0 heterocycles. The first-order chi connectivity index (χ1) is 19.8. The lowest BCUT2D eigenvalue weighted by Crippen LogP contribution is -1.95. The number of fused-ring (bicyclic) bond motifs is 3. The summed E-state index contributed by atoms with van der Waals surface area (Å²) in [5.74, 6) is 1.71. The summed E-state index contributed by atoms with van der Waals surface area (Å²) in [5.41, 5.74) is 4.88. The van der Waals surface area contributed by atoms with E-state index in [1.54, 1.807) is 14.2 Å². The zero-order chi connectivity index (χ0) is 26.8. The maximum absolute atomic E-state index is 5.53. The number of hydrogen-bond acceptors (Lipinski definition) is 2. The Labute approximate surface area is 232 Å². The molecule has 8 aromatic carbocycles. The van der Waals surface area contributed by atoms with Crippen molar-refractivity contribution in [3.63, 3.8) is 0 Å². The van der Waals surface area contributed by atoms with Crippen LogP contribution in [0.15, 0.2) is 121 Å². The van der Waals surface area contributed by atoms with Gasteiger partial charge in [-0.25, -0.2) is 0 Å². The molecular weight excluding hydrogens is 488 g/mol. The smallest absolute Gasteiger partial charge is 0.118 e. The molecule has 0 atom stereocenters. The van der Waals surface area contributed by atoms with E-state index in [0.717, 1.165) is 11.5 Å². The molecule has 0 amide bonds. The second kappa shape index (κ2) is 8.72. The summed E-state index contributed by atoms with van der Waals surface area (Å²) < 4.78 is 11.1. The minimum absolute atomic E-state index is 0.856. The van der Waals surface area contributed by atoms with Crippen LogP contribution in [0.1, 0.15) is 0 Å². The van der Waals surface area contributed by atoms with E-state index in [9.17, 15) is 0 Å². The van der Waals surface area contributed by atoms with E-state index in [1.807, 2.05) is 0 Å². The Morgan fingerprint density at radius 2 is 0.700 bits per heavy atom. The van der Waals surface area contributed by atoms with Gasteiger partial charge < -0.3 is 9.47 Å². The van der Waals surface area contributed by atoms with Crippen molar-refractivity contribution in [1.82, 2.24) is 0 Å². The molecule has 190 valence electrons. The van der Waals surface area contributed by atoms with Gasteiger partial charge in [-0.15, -0.1) is 0 Å². The first kappa shape index (κ1) is 22.9. The monoisotopic (exact) mass is 514 g/mol. The second-order valence-corrected chi connectivity index (χ2v) is 10.4. The highest BCUT2D eigenvalue weighted by Gasteiger charge is 2.22. The number of rotatable bonds is 4. The molecule has 40 heavy (non-hydrogen) atoms. The highest BCUT2D eigenvalue weighted by atomic mass is 16.5. The molecule has 0 bridgehead atoms. The lowest BCUT2D eigenvalue weighted by atomic mass is 9.80. The van der Waals surface area contributed by atoms with Crippen LogP contribution in [0.3, 0.4) is 0 Å². The van der Waals surface area contributed by atoms with E-state index in [2.05, 4.69) is 121 Å². The van der Waals surface area contributed by atoms with Gasteiger partial charge in [0.2, 0.25) is 0 Å². The zero-order valence-electron chi connectivity index (χ0n) is 22.4. The molecule has 0 saturated heterocycles. The lowest BCUT2D eigenvalue weighted by Gasteiger charge is -2.23. The van der Waals surface area contributed by atoms with E-state index in [0.29, 0.717) is 0 Å². The predicted octanol–water partition coefficient (Wildman–Crippen LogP) is 10.2. The highest BCUT2D eigenvalue weighted by Crippen LogP contribution is 2.51. The molecule has 2 heteroatoms. The van der Waals surface area contributed by atoms with Gasteiger partial charge in [-0.1, -0.05) is 97.1 Å². The van der Waals surface area contributed by atoms with Crippen LogP contribution in [-0.2, 0) is 0 Å². The Morgan fingerprint density at radius 3 is 1.05 bits per heavy atom. The quantitative estimate of drug-likeness (QED) is 0.172. The Hall–Kier alpha value is -5.08. The molecule has 0 aliphatic carbocycles. The molecule has 0 aliphatic heterocycles. The van der Waals surface area contributed by atoms with Crippen LogP contribution >= 0.6 is 0 Å². The Bertz CT molecular complexity index is 2040. The Balaban J connectivity index is 1.70. The van der Waals surface area contributed by atoms with E-state index < -0.39 is 0 Å². The third-order valence-corrected chi connectivity index (χ3v) is 8.39. The summed E-state index contributed by atoms with van der Waals surface area (Å²) in [6.07, 6.45) is 0. The van der Waals surface area contributed by atoms with Crippen LogP contribution in [-0.4, -0.2) is 14.2 Å². The molecule has 0 aromatic heterocycles. The minimum atomic E-state index is 0.856. The molecular formula is C38H26O2. The van der Waals surface area contributed by atoms with E-state index >= 15 is 0 Å². The van der Waals surface area contributed by atoms with Gasteiger partial charge in [0.25, 0.3) is 0 Å². The minimum Gasteiger partial charge on any atom is -0.497 e. The normalized spacial score (nSPS) is 11.8. The summed E-state index contributed by atoms with van der Waals surface area (Å²) in [7, 11) is 3.43. The summed E-state index contributed by atoms with van der Waals surface area (Å²) in [6, 6.07) is 43.8. The molecule has 0 spiro atoms.